The molecule has 100 valence electrons. The number of halogens is 3. The average Bonchev–Trinajstić information content (AvgIpc) is 2.41. The van der Waals surface area contributed by atoms with Crippen LogP contribution in [0.4, 0.5) is 0 Å². The lowest BCUT2D eigenvalue weighted by Crippen LogP contribution is -1.94. The summed E-state index contributed by atoms with van der Waals surface area (Å²) in [5.41, 5.74) is 2.61. The summed E-state index contributed by atoms with van der Waals surface area (Å²) >= 11 is 18.3. The molecule has 0 saturated heterocycles. The summed E-state index contributed by atoms with van der Waals surface area (Å²) in [7, 11) is 0. The Hall–Kier alpha value is -1.35. The third-order valence-corrected chi connectivity index (χ3v) is 3.81. The van der Waals surface area contributed by atoms with Crippen molar-refractivity contribution >= 4 is 45.7 Å². The molecule has 2 aromatic carbocycles. The van der Waals surface area contributed by atoms with Crippen LogP contribution in [0.1, 0.15) is 5.56 Å². The van der Waals surface area contributed by atoms with Gasteiger partial charge in [0.25, 0.3) is 0 Å². The third kappa shape index (κ3) is 2.47. The normalized spacial score (nSPS) is 11.0. The predicted molar refractivity (Wildman–Crippen MR) is 84.7 cm³/mol. The van der Waals surface area contributed by atoms with E-state index < -0.39 is 0 Å². The van der Waals surface area contributed by atoms with E-state index in [1.807, 2.05) is 31.2 Å². The van der Waals surface area contributed by atoms with Gasteiger partial charge in [0, 0.05) is 21.0 Å². The van der Waals surface area contributed by atoms with Crippen molar-refractivity contribution in [2.24, 2.45) is 0 Å². The van der Waals surface area contributed by atoms with Crippen LogP contribution < -0.4 is 0 Å². The Labute approximate surface area is 131 Å². The van der Waals surface area contributed by atoms with E-state index >= 15 is 0 Å². The van der Waals surface area contributed by atoms with Crippen LogP contribution in [0.2, 0.25) is 15.2 Å². The fraction of sp³-hybridized carbons (Fsp3) is 0.0667. The molecule has 0 aliphatic carbocycles. The van der Waals surface area contributed by atoms with Crippen LogP contribution in [-0.2, 0) is 0 Å². The van der Waals surface area contributed by atoms with Crippen LogP contribution in [0, 0.1) is 6.92 Å². The maximum atomic E-state index is 6.23. The first-order chi connectivity index (χ1) is 9.54. The van der Waals surface area contributed by atoms with Crippen LogP contribution in [0.15, 0.2) is 36.4 Å². The van der Waals surface area contributed by atoms with E-state index in [0.29, 0.717) is 26.5 Å². The molecule has 3 aromatic rings. The van der Waals surface area contributed by atoms with Gasteiger partial charge in [-0.1, -0.05) is 40.9 Å². The standard InChI is InChI=1S/C15H9Cl3N2/c1-8-2-3-9(16)6-12(8)15-19-13-7-10(17)4-5-11(13)14(18)20-15/h2-7H,1H3. The molecule has 0 aliphatic rings. The molecule has 0 unspecified atom stereocenters. The Kier molecular flexibility index (Phi) is 3.55. The number of hydrogen-bond acceptors (Lipinski definition) is 2. The zero-order chi connectivity index (χ0) is 14.3. The van der Waals surface area contributed by atoms with E-state index in [4.69, 9.17) is 34.8 Å². The zero-order valence-corrected chi connectivity index (χ0v) is 12.8. The predicted octanol–water partition coefficient (Wildman–Crippen LogP) is 5.57. The summed E-state index contributed by atoms with van der Waals surface area (Å²) in [5, 5.41) is 2.43. The lowest BCUT2D eigenvalue weighted by atomic mass is 10.1. The van der Waals surface area contributed by atoms with Gasteiger partial charge < -0.3 is 0 Å². The van der Waals surface area contributed by atoms with Gasteiger partial charge in [0.05, 0.1) is 5.52 Å². The first kappa shape index (κ1) is 13.6. The lowest BCUT2D eigenvalue weighted by molar-refractivity contribution is 1.21. The van der Waals surface area contributed by atoms with E-state index in [0.717, 1.165) is 16.5 Å². The van der Waals surface area contributed by atoms with E-state index in [1.165, 1.54) is 0 Å². The second kappa shape index (κ2) is 5.21. The molecule has 3 rings (SSSR count). The van der Waals surface area contributed by atoms with Gasteiger partial charge in [-0.25, -0.2) is 9.97 Å². The number of hydrogen-bond donors (Lipinski definition) is 0. The van der Waals surface area contributed by atoms with Crippen LogP contribution in [-0.4, -0.2) is 9.97 Å². The highest BCUT2D eigenvalue weighted by Gasteiger charge is 2.11. The molecule has 0 radical (unpaired) electrons. The number of benzene rings is 2. The number of rotatable bonds is 1. The first-order valence-electron chi connectivity index (χ1n) is 5.94. The Morgan fingerprint density at radius 2 is 1.55 bits per heavy atom. The highest BCUT2D eigenvalue weighted by atomic mass is 35.5. The Morgan fingerprint density at radius 3 is 2.35 bits per heavy atom. The smallest absolute Gasteiger partial charge is 0.161 e. The molecular formula is C15H9Cl3N2. The number of aryl methyl sites for hydroxylation is 1. The van der Waals surface area contributed by atoms with E-state index in [-0.39, 0.29) is 0 Å². The maximum absolute atomic E-state index is 6.23. The average molecular weight is 324 g/mol. The number of nitrogens with zero attached hydrogens (tertiary/aromatic N) is 2. The lowest BCUT2D eigenvalue weighted by Gasteiger charge is -2.08. The molecule has 0 saturated carbocycles. The van der Waals surface area contributed by atoms with Gasteiger partial charge in [-0.05, 0) is 42.8 Å². The summed E-state index contributed by atoms with van der Waals surface area (Å²) in [5.74, 6) is 0.546. The molecule has 0 aliphatic heterocycles. The van der Waals surface area contributed by atoms with E-state index in [9.17, 15) is 0 Å². The molecule has 2 nitrogen and oxygen atoms in total. The van der Waals surface area contributed by atoms with Crippen molar-refractivity contribution in [3.63, 3.8) is 0 Å². The summed E-state index contributed by atoms with van der Waals surface area (Å²) in [6.45, 7) is 1.98. The van der Waals surface area contributed by atoms with Gasteiger partial charge in [0.2, 0.25) is 0 Å². The van der Waals surface area contributed by atoms with Gasteiger partial charge in [0.15, 0.2) is 5.82 Å². The van der Waals surface area contributed by atoms with Crippen molar-refractivity contribution in [2.75, 3.05) is 0 Å². The van der Waals surface area contributed by atoms with E-state index in [2.05, 4.69) is 9.97 Å². The van der Waals surface area contributed by atoms with Gasteiger partial charge in [-0.2, -0.15) is 0 Å². The largest absolute Gasteiger partial charge is 0.228 e. The summed E-state index contributed by atoms with van der Waals surface area (Å²) < 4.78 is 0. The SMILES string of the molecule is Cc1ccc(Cl)cc1-c1nc(Cl)c2ccc(Cl)cc2n1. The maximum Gasteiger partial charge on any atom is 0.161 e. The second-order valence-corrected chi connectivity index (χ2v) is 5.69. The minimum absolute atomic E-state index is 0.404. The molecule has 0 amide bonds. The first-order valence-corrected chi connectivity index (χ1v) is 7.07. The zero-order valence-electron chi connectivity index (χ0n) is 10.5. The van der Waals surface area contributed by atoms with Gasteiger partial charge in [-0.15, -0.1) is 0 Å². The van der Waals surface area contributed by atoms with Crippen LogP contribution >= 0.6 is 34.8 Å². The van der Waals surface area contributed by atoms with Crippen LogP contribution in [0.25, 0.3) is 22.3 Å². The van der Waals surface area contributed by atoms with Crippen LogP contribution in [0.3, 0.4) is 0 Å². The summed E-state index contributed by atoms with van der Waals surface area (Å²) in [6.07, 6.45) is 0. The van der Waals surface area contributed by atoms with Crippen molar-refractivity contribution in [1.29, 1.82) is 0 Å². The third-order valence-electron chi connectivity index (χ3n) is 3.05. The van der Waals surface area contributed by atoms with Crippen molar-refractivity contribution in [1.82, 2.24) is 9.97 Å². The Balaban J connectivity index is 2.29. The quantitative estimate of drug-likeness (QED) is 0.547. The van der Waals surface area contributed by atoms with Crippen LogP contribution in [0.5, 0.6) is 0 Å². The molecule has 0 N–H and O–H groups in total. The Morgan fingerprint density at radius 1 is 0.850 bits per heavy atom. The van der Waals surface area contributed by atoms with Gasteiger partial charge in [-0.3, -0.25) is 0 Å². The van der Waals surface area contributed by atoms with Gasteiger partial charge >= 0.3 is 0 Å². The van der Waals surface area contributed by atoms with E-state index in [1.54, 1.807) is 12.1 Å². The minimum Gasteiger partial charge on any atom is -0.228 e. The molecule has 0 bridgehead atoms. The minimum atomic E-state index is 0.404. The monoisotopic (exact) mass is 322 g/mol. The molecule has 0 fully saturated rings. The van der Waals surface area contributed by atoms with Crippen molar-refractivity contribution < 1.29 is 0 Å². The molecule has 0 spiro atoms. The molecule has 1 heterocycles. The van der Waals surface area contributed by atoms with Crippen molar-refractivity contribution in [3.8, 4) is 11.4 Å². The molecular weight excluding hydrogens is 315 g/mol. The molecule has 1 aromatic heterocycles. The topological polar surface area (TPSA) is 25.8 Å². The van der Waals surface area contributed by atoms with Gasteiger partial charge in [0.1, 0.15) is 5.15 Å². The Bertz CT molecular complexity index is 816. The molecule has 20 heavy (non-hydrogen) atoms. The summed E-state index contributed by atoms with van der Waals surface area (Å²) in [4.78, 5) is 8.89. The summed E-state index contributed by atoms with van der Waals surface area (Å²) in [6, 6.07) is 10.9. The highest BCUT2D eigenvalue weighted by molar-refractivity contribution is 6.35. The second-order valence-electron chi connectivity index (χ2n) is 4.46. The fourth-order valence-corrected chi connectivity index (χ4v) is 2.60. The van der Waals surface area contributed by atoms with Crippen molar-refractivity contribution in [3.05, 3.63) is 57.2 Å². The van der Waals surface area contributed by atoms with Crippen molar-refractivity contribution in [2.45, 2.75) is 6.92 Å². The molecule has 5 heteroatoms. The number of fused-ring (bicyclic) bond motifs is 1. The molecule has 0 atom stereocenters. The highest BCUT2D eigenvalue weighted by Crippen LogP contribution is 2.29. The fourth-order valence-electron chi connectivity index (χ4n) is 2.02. The number of aromatic nitrogens is 2.